The summed E-state index contributed by atoms with van der Waals surface area (Å²) in [5, 5.41) is 9.48. The van der Waals surface area contributed by atoms with Crippen molar-refractivity contribution < 1.29 is 14.7 Å². The van der Waals surface area contributed by atoms with Crippen LogP contribution < -0.4 is 0 Å². The van der Waals surface area contributed by atoms with E-state index in [1.807, 2.05) is 13.0 Å². The van der Waals surface area contributed by atoms with E-state index in [0.717, 1.165) is 5.56 Å². The Hall–Kier alpha value is -1.55. The molecule has 0 spiro atoms. The molecule has 1 aromatic carbocycles. The van der Waals surface area contributed by atoms with E-state index in [0.29, 0.717) is 23.7 Å². The minimum Gasteiger partial charge on any atom is -0.481 e. The molecule has 4 nitrogen and oxygen atoms in total. The van der Waals surface area contributed by atoms with E-state index >= 15 is 0 Å². The Kier molecular flexibility index (Phi) is 3.80. The molecule has 1 amide bonds. The number of carbonyl (C=O) groups excluding carboxylic acids is 1. The highest BCUT2D eigenvalue weighted by molar-refractivity contribution is 6.31. The molecule has 1 fully saturated rings. The van der Waals surface area contributed by atoms with Crippen molar-refractivity contribution in [3.8, 4) is 0 Å². The molecule has 1 saturated heterocycles. The quantitative estimate of drug-likeness (QED) is 0.926. The number of amides is 1. The lowest BCUT2D eigenvalue weighted by Crippen LogP contribution is -2.53. The first kappa shape index (κ1) is 13.9. The van der Waals surface area contributed by atoms with E-state index in [1.165, 1.54) is 0 Å². The largest absolute Gasteiger partial charge is 0.481 e. The lowest BCUT2D eigenvalue weighted by molar-refractivity contribution is -0.144. The SMILES string of the molecule is Cc1ccc(C(=O)N2CC(C(C)C(=O)O)C2)cc1Cl. The maximum absolute atomic E-state index is 12.1. The van der Waals surface area contributed by atoms with Crippen LogP contribution in [0.5, 0.6) is 0 Å². The van der Waals surface area contributed by atoms with Crippen molar-refractivity contribution in [2.24, 2.45) is 11.8 Å². The molecule has 0 radical (unpaired) electrons. The Morgan fingerprint density at radius 2 is 2.05 bits per heavy atom. The Balaban J connectivity index is 2.00. The lowest BCUT2D eigenvalue weighted by Gasteiger charge is -2.41. The molecule has 0 aliphatic carbocycles. The highest BCUT2D eigenvalue weighted by Gasteiger charge is 2.37. The van der Waals surface area contributed by atoms with Crippen LogP contribution in [0.2, 0.25) is 5.02 Å². The monoisotopic (exact) mass is 281 g/mol. The van der Waals surface area contributed by atoms with Crippen molar-refractivity contribution in [3.05, 3.63) is 34.3 Å². The third kappa shape index (κ3) is 2.73. The smallest absolute Gasteiger partial charge is 0.306 e. The minimum absolute atomic E-state index is 0.0439. The van der Waals surface area contributed by atoms with E-state index in [-0.39, 0.29) is 11.8 Å². The number of carboxylic acids is 1. The first-order chi connectivity index (χ1) is 8.90. The number of nitrogens with zero attached hydrogens (tertiary/aromatic N) is 1. The summed E-state index contributed by atoms with van der Waals surface area (Å²) in [6.07, 6.45) is 0. The Bertz CT molecular complexity index is 523. The average molecular weight is 282 g/mol. The van der Waals surface area contributed by atoms with Gasteiger partial charge >= 0.3 is 5.97 Å². The van der Waals surface area contributed by atoms with Gasteiger partial charge in [0.25, 0.3) is 5.91 Å². The predicted octanol–water partition coefficient (Wildman–Crippen LogP) is 2.44. The number of carboxylic acid groups (broad SMARTS) is 1. The van der Waals surface area contributed by atoms with Gasteiger partial charge in [0, 0.05) is 29.6 Å². The summed E-state index contributed by atoms with van der Waals surface area (Å²) in [4.78, 5) is 24.6. The van der Waals surface area contributed by atoms with Gasteiger partial charge in [-0.1, -0.05) is 24.6 Å². The van der Waals surface area contributed by atoms with Gasteiger partial charge in [-0.3, -0.25) is 9.59 Å². The third-order valence-corrected chi connectivity index (χ3v) is 4.12. The normalized spacial score (nSPS) is 16.9. The lowest BCUT2D eigenvalue weighted by atomic mass is 9.86. The number of hydrogen-bond donors (Lipinski definition) is 1. The van der Waals surface area contributed by atoms with Crippen LogP contribution in [-0.4, -0.2) is 35.0 Å². The van der Waals surface area contributed by atoms with Gasteiger partial charge in [0.1, 0.15) is 0 Å². The molecule has 2 rings (SSSR count). The van der Waals surface area contributed by atoms with Crippen LogP contribution in [0, 0.1) is 18.8 Å². The number of likely N-dealkylation sites (tertiary alicyclic amines) is 1. The van der Waals surface area contributed by atoms with Crippen molar-refractivity contribution in [2.75, 3.05) is 13.1 Å². The number of aryl methyl sites for hydroxylation is 1. The molecule has 0 aromatic heterocycles. The molecule has 102 valence electrons. The Morgan fingerprint density at radius 1 is 1.42 bits per heavy atom. The summed E-state index contributed by atoms with van der Waals surface area (Å²) in [5.74, 6) is -1.26. The molecule has 1 N–H and O–H groups in total. The van der Waals surface area contributed by atoms with Crippen LogP contribution in [0.15, 0.2) is 18.2 Å². The summed E-state index contributed by atoms with van der Waals surface area (Å²) in [6.45, 7) is 4.55. The summed E-state index contributed by atoms with van der Waals surface area (Å²) in [5.41, 5.74) is 1.48. The first-order valence-electron chi connectivity index (χ1n) is 6.18. The van der Waals surface area contributed by atoms with Gasteiger partial charge in [-0.15, -0.1) is 0 Å². The molecule has 1 aliphatic heterocycles. The van der Waals surface area contributed by atoms with Crippen LogP contribution in [0.1, 0.15) is 22.8 Å². The molecular formula is C14H16ClNO3. The topological polar surface area (TPSA) is 57.6 Å². The van der Waals surface area contributed by atoms with Gasteiger partial charge in [-0.2, -0.15) is 0 Å². The van der Waals surface area contributed by atoms with Crippen LogP contribution in [0.3, 0.4) is 0 Å². The number of benzene rings is 1. The van der Waals surface area contributed by atoms with E-state index < -0.39 is 11.9 Å². The number of rotatable bonds is 3. The summed E-state index contributed by atoms with van der Waals surface area (Å²) in [6, 6.07) is 5.22. The molecule has 1 aliphatic rings. The van der Waals surface area contributed by atoms with E-state index in [4.69, 9.17) is 16.7 Å². The molecule has 1 atom stereocenters. The van der Waals surface area contributed by atoms with Crippen molar-refractivity contribution in [3.63, 3.8) is 0 Å². The maximum Gasteiger partial charge on any atom is 0.306 e. The van der Waals surface area contributed by atoms with Gasteiger partial charge in [0.2, 0.25) is 0 Å². The summed E-state index contributed by atoms with van der Waals surface area (Å²) < 4.78 is 0. The molecule has 1 aromatic rings. The molecule has 0 saturated carbocycles. The van der Waals surface area contributed by atoms with Gasteiger partial charge in [0.15, 0.2) is 0 Å². The van der Waals surface area contributed by atoms with Crippen molar-refractivity contribution >= 4 is 23.5 Å². The second kappa shape index (κ2) is 5.21. The van der Waals surface area contributed by atoms with Crippen LogP contribution >= 0.6 is 11.6 Å². The van der Waals surface area contributed by atoms with Gasteiger partial charge in [-0.25, -0.2) is 0 Å². The minimum atomic E-state index is -0.810. The van der Waals surface area contributed by atoms with E-state index in [9.17, 15) is 9.59 Å². The van der Waals surface area contributed by atoms with Crippen LogP contribution in [-0.2, 0) is 4.79 Å². The van der Waals surface area contributed by atoms with Crippen molar-refractivity contribution in [1.82, 2.24) is 4.90 Å². The summed E-state index contributed by atoms with van der Waals surface area (Å²) in [7, 11) is 0. The fourth-order valence-electron chi connectivity index (χ4n) is 2.10. The molecule has 1 unspecified atom stereocenters. The number of halogens is 1. The average Bonchev–Trinajstić information content (AvgIpc) is 2.30. The fourth-order valence-corrected chi connectivity index (χ4v) is 2.29. The maximum atomic E-state index is 12.1. The highest BCUT2D eigenvalue weighted by atomic mass is 35.5. The Labute approximate surface area is 117 Å². The number of carbonyl (C=O) groups is 2. The number of hydrogen-bond acceptors (Lipinski definition) is 2. The van der Waals surface area contributed by atoms with E-state index in [2.05, 4.69) is 0 Å². The van der Waals surface area contributed by atoms with Gasteiger partial charge in [0.05, 0.1) is 5.92 Å². The summed E-state index contributed by atoms with van der Waals surface area (Å²) >= 11 is 6.00. The second-order valence-electron chi connectivity index (χ2n) is 5.06. The second-order valence-corrected chi connectivity index (χ2v) is 5.47. The molecular weight excluding hydrogens is 266 g/mol. The zero-order valence-corrected chi connectivity index (χ0v) is 11.6. The molecule has 5 heteroatoms. The highest BCUT2D eigenvalue weighted by Crippen LogP contribution is 2.26. The molecule has 0 bridgehead atoms. The molecule has 19 heavy (non-hydrogen) atoms. The van der Waals surface area contributed by atoms with Crippen molar-refractivity contribution in [2.45, 2.75) is 13.8 Å². The first-order valence-corrected chi connectivity index (χ1v) is 6.56. The zero-order chi connectivity index (χ0) is 14.2. The zero-order valence-electron chi connectivity index (χ0n) is 10.9. The fraction of sp³-hybridized carbons (Fsp3) is 0.429. The predicted molar refractivity (Wildman–Crippen MR) is 72.4 cm³/mol. The van der Waals surface area contributed by atoms with Gasteiger partial charge in [-0.05, 0) is 24.6 Å². The Morgan fingerprint density at radius 3 is 2.58 bits per heavy atom. The number of aliphatic carboxylic acids is 1. The third-order valence-electron chi connectivity index (χ3n) is 3.71. The standard InChI is InChI=1S/C14H16ClNO3/c1-8-3-4-10(5-12(8)15)13(17)16-6-11(7-16)9(2)14(18)19/h3-5,9,11H,6-7H2,1-2H3,(H,18,19). The van der Waals surface area contributed by atoms with Crippen LogP contribution in [0.4, 0.5) is 0 Å². The van der Waals surface area contributed by atoms with Crippen molar-refractivity contribution in [1.29, 1.82) is 0 Å². The molecule has 1 heterocycles. The van der Waals surface area contributed by atoms with E-state index in [1.54, 1.807) is 24.0 Å². The van der Waals surface area contributed by atoms with Gasteiger partial charge < -0.3 is 10.0 Å². The van der Waals surface area contributed by atoms with Crippen LogP contribution in [0.25, 0.3) is 0 Å².